The Morgan fingerprint density at radius 1 is 1.30 bits per heavy atom. The highest BCUT2D eigenvalue weighted by molar-refractivity contribution is 5.92. The van der Waals surface area contributed by atoms with Crippen molar-refractivity contribution in [3.8, 4) is 11.3 Å². The molecule has 124 valence electrons. The number of hydrogen-bond acceptors (Lipinski definition) is 4. The predicted molar refractivity (Wildman–Crippen MR) is 91.7 cm³/mol. The minimum Gasteiger partial charge on any atom is -0.350 e. The van der Waals surface area contributed by atoms with Crippen LogP contribution < -0.4 is 5.32 Å². The number of hydrogen-bond donors (Lipinski definition) is 1. The molecule has 0 atom stereocenters. The summed E-state index contributed by atoms with van der Waals surface area (Å²) >= 11 is 0. The predicted octanol–water partition coefficient (Wildman–Crippen LogP) is 2.84. The second-order valence-corrected chi connectivity index (χ2v) is 5.74. The van der Waals surface area contributed by atoms with Crippen molar-refractivity contribution >= 4 is 18.3 Å². The lowest BCUT2D eigenvalue weighted by Crippen LogP contribution is -2.40. The van der Waals surface area contributed by atoms with Crippen molar-refractivity contribution in [3.05, 3.63) is 42.2 Å². The number of nitrogens with zero attached hydrogens (tertiary/aromatic N) is 2. The highest BCUT2D eigenvalue weighted by Crippen LogP contribution is 2.22. The molecule has 1 amide bonds. The van der Waals surface area contributed by atoms with Crippen LogP contribution in [0.15, 0.2) is 40.9 Å². The molecule has 1 saturated heterocycles. The number of nitrogens with one attached hydrogen (secondary N) is 1. The quantitative estimate of drug-likeness (QED) is 0.933. The Hall–Kier alpha value is -1.85. The third kappa shape index (κ3) is 4.12. The number of rotatable bonds is 4. The lowest BCUT2D eigenvalue weighted by Gasteiger charge is -2.31. The molecule has 2 aromatic rings. The Balaban J connectivity index is 0.00000192. The zero-order valence-corrected chi connectivity index (χ0v) is 14.0. The number of piperidine rings is 1. The van der Waals surface area contributed by atoms with Crippen LogP contribution in [0.3, 0.4) is 0 Å². The molecule has 1 aromatic heterocycles. The second-order valence-electron chi connectivity index (χ2n) is 5.74. The maximum Gasteiger partial charge on any atom is 0.292 e. The van der Waals surface area contributed by atoms with Crippen LogP contribution in [0, 0.1) is 5.92 Å². The molecule has 1 aromatic carbocycles. The van der Waals surface area contributed by atoms with Gasteiger partial charge in [-0.15, -0.1) is 12.4 Å². The van der Waals surface area contributed by atoms with Crippen molar-refractivity contribution in [1.82, 2.24) is 15.4 Å². The Morgan fingerprint density at radius 3 is 2.65 bits per heavy atom. The van der Waals surface area contributed by atoms with Crippen molar-refractivity contribution in [2.24, 2.45) is 5.92 Å². The average molecular weight is 336 g/mol. The monoisotopic (exact) mass is 335 g/mol. The van der Waals surface area contributed by atoms with Gasteiger partial charge in [0, 0.05) is 24.7 Å². The molecule has 0 unspecified atom stereocenters. The minimum absolute atomic E-state index is 0. The number of halogens is 1. The third-order valence-electron chi connectivity index (χ3n) is 4.19. The highest BCUT2D eigenvalue weighted by Gasteiger charge is 2.25. The van der Waals surface area contributed by atoms with Gasteiger partial charge in [0.15, 0.2) is 0 Å². The van der Waals surface area contributed by atoms with Gasteiger partial charge < -0.3 is 14.7 Å². The van der Waals surface area contributed by atoms with Crippen LogP contribution in [-0.4, -0.2) is 42.6 Å². The van der Waals surface area contributed by atoms with E-state index in [4.69, 9.17) is 4.52 Å². The second kappa shape index (κ2) is 8.13. The van der Waals surface area contributed by atoms with Crippen LogP contribution in [0.2, 0.25) is 0 Å². The van der Waals surface area contributed by atoms with Crippen LogP contribution in [-0.2, 0) is 0 Å². The summed E-state index contributed by atoms with van der Waals surface area (Å²) in [4.78, 5) is 14.3. The fraction of sp³-hybridized carbons (Fsp3) is 0.412. The number of likely N-dealkylation sites (tertiary alicyclic amines) is 1. The SMILES string of the molecule is CNCC1CCN(C(=O)c2cc(-c3ccccc3)no2)CC1.Cl. The van der Waals surface area contributed by atoms with Gasteiger partial charge in [-0.05, 0) is 32.4 Å². The van der Waals surface area contributed by atoms with E-state index in [1.165, 1.54) is 0 Å². The van der Waals surface area contributed by atoms with E-state index in [0.29, 0.717) is 17.4 Å². The first-order chi connectivity index (χ1) is 10.8. The summed E-state index contributed by atoms with van der Waals surface area (Å²) in [5.41, 5.74) is 1.66. The third-order valence-corrected chi connectivity index (χ3v) is 4.19. The molecule has 23 heavy (non-hydrogen) atoms. The van der Waals surface area contributed by atoms with E-state index < -0.39 is 0 Å². The molecule has 5 nitrogen and oxygen atoms in total. The van der Waals surface area contributed by atoms with Crippen LogP contribution in [0.5, 0.6) is 0 Å². The molecule has 0 saturated carbocycles. The summed E-state index contributed by atoms with van der Waals surface area (Å²) in [7, 11) is 1.97. The van der Waals surface area contributed by atoms with Crippen LogP contribution in [0.25, 0.3) is 11.3 Å². The number of aromatic nitrogens is 1. The summed E-state index contributed by atoms with van der Waals surface area (Å²) in [6, 6.07) is 11.5. The van der Waals surface area contributed by atoms with Crippen molar-refractivity contribution < 1.29 is 9.32 Å². The summed E-state index contributed by atoms with van der Waals surface area (Å²) in [5, 5.41) is 7.22. The van der Waals surface area contributed by atoms with Crippen LogP contribution in [0.1, 0.15) is 23.4 Å². The van der Waals surface area contributed by atoms with Crippen LogP contribution in [0.4, 0.5) is 0 Å². The van der Waals surface area contributed by atoms with Crippen LogP contribution >= 0.6 is 12.4 Å². The van der Waals surface area contributed by atoms with Gasteiger partial charge in [-0.2, -0.15) is 0 Å². The molecule has 3 rings (SSSR count). The summed E-state index contributed by atoms with van der Waals surface area (Å²) in [6.07, 6.45) is 2.07. The molecule has 1 aliphatic heterocycles. The van der Waals surface area contributed by atoms with E-state index >= 15 is 0 Å². The largest absolute Gasteiger partial charge is 0.350 e. The van der Waals surface area contributed by atoms with E-state index in [9.17, 15) is 4.79 Å². The first kappa shape index (κ1) is 17.5. The van der Waals surface area contributed by atoms with E-state index in [2.05, 4.69) is 10.5 Å². The van der Waals surface area contributed by atoms with E-state index in [1.807, 2.05) is 42.3 Å². The maximum absolute atomic E-state index is 12.5. The minimum atomic E-state index is -0.0578. The lowest BCUT2D eigenvalue weighted by molar-refractivity contribution is 0.0649. The van der Waals surface area contributed by atoms with Crippen molar-refractivity contribution in [1.29, 1.82) is 0 Å². The maximum atomic E-state index is 12.5. The fourth-order valence-corrected chi connectivity index (χ4v) is 2.91. The number of carbonyl (C=O) groups excluding carboxylic acids is 1. The Labute approximate surface area is 142 Å². The van der Waals surface area contributed by atoms with E-state index in [0.717, 1.165) is 38.0 Å². The first-order valence-electron chi connectivity index (χ1n) is 7.74. The van der Waals surface area contributed by atoms with Gasteiger partial charge in [0.1, 0.15) is 5.69 Å². The van der Waals surface area contributed by atoms with Gasteiger partial charge in [0.25, 0.3) is 5.91 Å². The van der Waals surface area contributed by atoms with E-state index in [1.54, 1.807) is 6.07 Å². The van der Waals surface area contributed by atoms with Gasteiger partial charge in [0.2, 0.25) is 5.76 Å². The number of amides is 1. The summed E-state index contributed by atoms with van der Waals surface area (Å²) < 4.78 is 5.25. The van der Waals surface area contributed by atoms with Gasteiger partial charge in [0.05, 0.1) is 0 Å². The normalized spacial score (nSPS) is 15.3. The van der Waals surface area contributed by atoms with Gasteiger partial charge in [-0.25, -0.2) is 0 Å². The molecular formula is C17H22ClN3O2. The summed E-state index contributed by atoms with van der Waals surface area (Å²) in [6.45, 7) is 2.58. The average Bonchev–Trinajstić information content (AvgIpc) is 3.06. The molecule has 2 heterocycles. The Kier molecular flexibility index (Phi) is 6.19. The molecule has 6 heteroatoms. The molecule has 1 fully saturated rings. The molecule has 1 N–H and O–H groups in total. The topological polar surface area (TPSA) is 58.4 Å². The van der Waals surface area contributed by atoms with Gasteiger partial charge in [-0.1, -0.05) is 35.5 Å². The summed E-state index contributed by atoms with van der Waals surface area (Å²) in [5.74, 6) is 0.923. The molecule has 0 bridgehead atoms. The molecule has 1 aliphatic rings. The Morgan fingerprint density at radius 2 is 2.00 bits per heavy atom. The number of carbonyl (C=O) groups is 1. The number of benzene rings is 1. The smallest absolute Gasteiger partial charge is 0.292 e. The standard InChI is InChI=1S/C17H21N3O2.ClH/c1-18-12-13-7-9-20(10-8-13)17(21)16-11-15(19-22-16)14-5-3-2-4-6-14;/h2-6,11,13,18H,7-10,12H2,1H3;1H. The highest BCUT2D eigenvalue weighted by atomic mass is 35.5. The molecule has 0 aliphatic carbocycles. The van der Waals surface area contributed by atoms with Crippen molar-refractivity contribution in [2.75, 3.05) is 26.7 Å². The van der Waals surface area contributed by atoms with Crippen molar-refractivity contribution in [2.45, 2.75) is 12.8 Å². The first-order valence-corrected chi connectivity index (χ1v) is 7.74. The van der Waals surface area contributed by atoms with Gasteiger partial charge >= 0.3 is 0 Å². The lowest BCUT2D eigenvalue weighted by atomic mass is 9.96. The Bertz CT molecular complexity index is 622. The van der Waals surface area contributed by atoms with E-state index in [-0.39, 0.29) is 18.3 Å². The fourth-order valence-electron chi connectivity index (χ4n) is 2.91. The molecule has 0 radical (unpaired) electrons. The zero-order chi connectivity index (χ0) is 15.4. The van der Waals surface area contributed by atoms with Crippen molar-refractivity contribution in [3.63, 3.8) is 0 Å². The molecular weight excluding hydrogens is 314 g/mol. The molecule has 0 spiro atoms. The van der Waals surface area contributed by atoms with Gasteiger partial charge in [-0.3, -0.25) is 4.79 Å². The zero-order valence-electron chi connectivity index (χ0n) is 13.2.